The molecule has 72 valence electrons. The van der Waals surface area contributed by atoms with E-state index in [0.717, 1.165) is 11.3 Å². The summed E-state index contributed by atoms with van der Waals surface area (Å²) in [6.45, 7) is 1.85. The van der Waals surface area contributed by atoms with Crippen molar-refractivity contribution in [2.24, 2.45) is 5.73 Å². The molecule has 0 bridgehead atoms. The van der Waals surface area contributed by atoms with Crippen LogP contribution in [0.5, 0.6) is 0 Å². The van der Waals surface area contributed by atoms with Crippen LogP contribution in [-0.4, -0.2) is 4.98 Å². The van der Waals surface area contributed by atoms with E-state index < -0.39 is 0 Å². The van der Waals surface area contributed by atoms with E-state index in [1.165, 1.54) is 0 Å². The second-order valence-corrected chi connectivity index (χ2v) is 3.22. The van der Waals surface area contributed by atoms with Crippen molar-refractivity contribution >= 4 is 0 Å². The Morgan fingerprint density at radius 2 is 2.00 bits per heavy atom. The average Bonchev–Trinajstić information content (AvgIpc) is 2.68. The Morgan fingerprint density at radius 3 is 2.57 bits per heavy atom. The van der Waals surface area contributed by atoms with Gasteiger partial charge in [0.15, 0.2) is 5.76 Å². The molecule has 3 heteroatoms. The lowest BCUT2D eigenvalue weighted by Gasteiger charge is -1.97. The molecule has 1 aromatic heterocycles. The van der Waals surface area contributed by atoms with Gasteiger partial charge in [0.25, 0.3) is 0 Å². The fourth-order valence-electron chi connectivity index (χ4n) is 1.23. The third-order valence-corrected chi connectivity index (χ3v) is 1.97. The number of benzene rings is 1. The SMILES string of the molecule is CC(N)c1ncc(-c2ccccc2)o1. The number of nitrogens with zero attached hydrogens (tertiary/aromatic N) is 1. The highest BCUT2D eigenvalue weighted by atomic mass is 16.4. The van der Waals surface area contributed by atoms with Gasteiger partial charge in [-0.05, 0) is 6.92 Å². The first-order valence-corrected chi connectivity index (χ1v) is 4.54. The Balaban J connectivity index is 2.34. The molecule has 3 nitrogen and oxygen atoms in total. The van der Waals surface area contributed by atoms with Crippen molar-refractivity contribution in [2.75, 3.05) is 0 Å². The molecule has 0 spiro atoms. The van der Waals surface area contributed by atoms with Crippen LogP contribution in [0, 0.1) is 0 Å². The minimum absolute atomic E-state index is 0.160. The maximum atomic E-state index is 5.65. The lowest BCUT2D eigenvalue weighted by atomic mass is 10.2. The monoisotopic (exact) mass is 188 g/mol. The average molecular weight is 188 g/mol. The molecule has 0 aliphatic carbocycles. The fourth-order valence-corrected chi connectivity index (χ4v) is 1.23. The van der Waals surface area contributed by atoms with Gasteiger partial charge < -0.3 is 10.2 Å². The van der Waals surface area contributed by atoms with Gasteiger partial charge in [0.1, 0.15) is 0 Å². The molecule has 1 aromatic carbocycles. The quantitative estimate of drug-likeness (QED) is 0.787. The topological polar surface area (TPSA) is 52.0 Å². The molecular weight excluding hydrogens is 176 g/mol. The number of rotatable bonds is 2. The molecule has 1 unspecified atom stereocenters. The van der Waals surface area contributed by atoms with Gasteiger partial charge in [-0.15, -0.1) is 0 Å². The predicted octanol–water partition coefficient (Wildman–Crippen LogP) is 2.36. The zero-order valence-corrected chi connectivity index (χ0v) is 7.97. The molecule has 0 radical (unpaired) electrons. The van der Waals surface area contributed by atoms with Crippen molar-refractivity contribution in [3.05, 3.63) is 42.4 Å². The van der Waals surface area contributed by atoms with Gasteiger partial charge in [0.2, 0.25) is 5.89 Å². The summed E-state index contributed by atoms with van der Waals surface area (Å²) in [7, 11) is 0. The maximum Gasteiger partial charge on any atom is 0.211 e. The van der Waals surface area contributed by atoms with Crippen LogP contribution in [0.25, 0.3) is 11.3 Å². The molecular formula is C11H12N2O. The standard InChI is InChI=1S/C11H12N2O/c1-8(12)11-13-7-10(14-11)9-5-3-2-4-6-9/h2-8H,12H2,1H3. The van der Waals surface area contributed by atoms with Crippen molar-refractivity contribution in [3.63, 3.8) is 0 Å². The summed E-state index contributed by atoms with van der Waals surface area (Å²) in [4.78, 5) is 4.10. The first-order valence-electron chi connectivity index (χ1n) is 4.54. The van der Waals surface area contributed by atoms with Crippen LogP contribution < -0.4 is 5.73 Å². The van der Waals surface area contributed by atoms with E-state index >= 15 is 0 Å². The lowest BCUT2D eigenvalue weighted by molar-refractivity contribution is 0.473. The highest BCUT2D eigenvalue weighted by Gasteiger charge is 2.08. The van der Waals surface area contributed by atoms with Crippen LogP contribution in [0.1, 0.15) is 18.9 Å². The fraction of sp³-hybridized carbons (Fsp3) is 0.182. The van der Waals surface area contributed by atoms with Gasteiger partial charge in [0.05, 0.1) is 12.2 Å². The maximum absolute atomic E-state index is 5.65. The molecule has 1 heterocycles. The number of hydrogen-bond acceptors (Lipinski definition) is 3. The summed E-state index contributed by atoms with van der Waals surface area (Å²) in [6, 6.07) is 9.68. The first-order chi connectivity index (χ1) is 6.77. The molecule has 0 aliphatic heterocycles. The Hall–Kier alpha value is -1.61. The highest BCUT2D eigenvalue weighted by molar-refractivity contribution is 5.55. The van der Waals surface area contributed by atoms with Crippen molar-refractivity contribution in [1.29, 1.82) is 0 Å². The van der Waals surface area contributed by atoms with Crippen LogP contribution in [0.15, 0.2) is 40.9 Å². The van der Waals surface area contributed by atoms with Crippen molar-refractivity contribution in [1.82, 2.24) is 4.98 Å². The Morgan fingerprint density at radius 1 is 1.29 bits per heavy atom. The van der Waals surface area contributed by atoms with Crippen LogP contribution in [0.2, 0.25) is 0 Å². The molecule has 0 amide bonds. The zero-order chi connectivity index (χ0) is 9.97. The number of oxazole rings is 1. The minimum atomic E-state index is -0.160. The second-order valence-electron chi connectivity index (χ2n) is 3.22. The summed E-state index contributed by atoms with van der Waals surface area (Å²) in [6.07, 6.45) is 1.70. The van der Waals surface area contributed by atoms with Crippen LogP contribution in [0.4, 0.5) is 0 Å². The molecule has 0 aliphatic rings. The number of nitrogens with two attached hydrogens (primary N) is 1. The van der Waals surface area contributed by atoms with Crippen molar-refractivity contribution < 1.29 is 4.42 Å². The minimum Gasteiger partial charge on any atom is -0.439 e. The van der Waals surface area contributed by atoms with Gasteiger partial charge >= 0.3 is 0 Å². The van der Waals surface area contributed by atoms with E-state index in [2.05, 4.69) is 4.98 Å². The van der Waals surface area contributed by atoms with Gasteiger partial charge in [-0.2, -0.15) is 0 Å². The predicted molar refractivity (Wildman–Crippen MR) is 54.5 cm³/mol. The number of aromatic nitrogens is 1. The zero-order valence-electron chi connectivity index (χ0n) is 7.97. The molecule has 2 N–H and O–H groups in total. The second kappa shape index (κ2) is 3.64. The molecule has 0 saturated heterocycles. The molecule has 2 aromatic rings. The Labute approximate surface area is 82.6 Å². The van der Waals surface area contributed by atoms with Crippen LogP contribution >= 0.6 is 0 Å². The van der Waals surface area contributed by atoms with E-state index in [4.69, 9.17) is 10.2 Å². The van der Waals surface area contributed by atoms with E-state index in [1.54, 1.807) is 6.20 Å². The Bertz CT molecular complexity index is 406. The van der Waals surface area contributed by atoms with Gasteiger partial charge in [0, 0.05) is 5.56 Å². The van der Waals surface area contributed by atoms with Crippen LogP contribution in [-0.2, 0) is 0 Å². The van der Waals surface area contributed by atoms with Gasteiger partial charge in [-0.1, -0.05) is 30.3 Å². The summed E-state index contributed by atoms with van der Waals surface area (Å²) < 4.78 is 5.50. The van der Waals surface area contributed by atoms with Crippen LogP contribution in [0.3, 0.4) is 0 Å². The summed E-state index contributed by atoms with van der Waals surface area (Å²) in [5, 5.41) is 0. The molecule has 0 saturated carbocycles. The van der Waals surface area contributed by atoms with Crippen molar-refractivity contribution in [2.45, 2.75) is 13.0 Å². The van der Waals surface area contributed by atoms with Gasteiger partial charge in [-0.25, -0.2) is 4.98 Å². The third-order valence-electron chi connectivity index (χ3n) is 1.97. The lowest BCUT2D eigenvalue weighted by Crippen LogP contribution is -2.04. The van der Waals surface area contributed by atoms with E-state index in [9.17, 15) is 0 Å². The molecule has 1 atom stereocenters. The highest BCUT2D eigenvalue weighted by Crippen LogP contribution is 2.21. The third kappa shape index (κ3) is 1.67. The molecule has 0 fully saturated rings. The Kier molecular flexibility index (Phi) is 2.33. The summed E-state index contributed by atoms with van der Waals surface area (Å²) in [5.41, 5.74) is 6.67. The van der Waals surface area contributed by atoms with E-state index in [-0.39, 0.29) is 6.04 Å². The smallest absolute Gasteiger partial charge is 0.211 e. The van der Waals surface area contributed by atoms with E-state index in [1.807, 2.05) is 37.3 Å². The van der Waals surface area contributed by atoms with E-state index in [0.29, 0.717) is 5.89 Å². The molecule has 2 rings (SSSR count). The molecule has 14 heavy (non-hydrogen) atoms. The summed E-state index contributed by atoms with van der Waals surface area (Å²) in [5.74, 6) is 1.33. The normalized spacial score (nSPS) is 12.7. The van der Waals surface area contributed by atoms with Crippen molar-refractivity contribution in [3.8, 4) is 11.3 Å². The summed E-state index contributed by atoms with van der Waals surface area (Å²) >= 11 is 0. The van der Waals surface area contributed by atoms with Gasteiger partial charge in [-0.3, -0.25) is 0 Å². The largest absolute Gasteiger partial charge is 0.439 e. The number of hydrogen-bond donors (Lipinski definition) is 1. The first kappa shape index (κ1) is 8.97.